The van der Waals surface area contributed by atoms with Crippen molar-refractivity contribution in [3.8, 4) is 6.07 Å². The lowest BCUT2D eigenvalue weighted by molar-refractivity contribution is 0.0741. The maximum Gasteiger partial charge on any atom is 0.257 e. The molecule has 18 heavy (non-hydrogen) atoms. The molecule has 0 radical (unpaired) electrons. The van der Waals surface area contributed by atoms with E-state index in [1.807, 2.05) is 6.07 Å². The topological polar surface area (TPSA) is 95.0 Å². The third-order valence-corrected chi connectivity index (χ3v) is 2.62. The number of nitrogens with two attached hydrogens (primary N) is 1. The number of carbonyl (C=O) groups is 1. The van der Waals surface area contributed by atoms with Crippen molar-refractivity contribution in [3.63, 3.8) is 0 Å². The van der Waals surface area contributed by atoms with Crippen molar-refractivity contribution in [1.29, 1.82) is 5.26 Å². The number of nitrogens with one attached hydrogen (secondary N) is 1. The van der Waals surface area contributed by atoms with E-state index in [0.29, 0.717) is 0 Å². The van der Waals surface area contributed by atoms with Gasteiger partial charge in [-0.2, -0.15) is 5.26 Å². The van der Waals surface area contributed by atoms with Crippen molar-refractivity contribution >= 4 is 11.7 Å². The van der Waals surface area contributed by atoms with E-state index < -0.39 is 11.7 Å². The molecule has 3 N–H and O–H groups in total. The molecule has 1 rings (SSSR count). The smallest absolute Gasteiger partial charge is 0.257 e. The molecule has 1 aromatic heterocycles. The normalized spacial score (nSPS) is 11.5. The maximum atomic E-state index is 13.8. The molecule has 0 saturated heterocycles. The van der Waals surface area contributed by atoms with Gasteiger partial charge < -0.3 is 10.3 Å². The van der Waals surface area contributed by atoms with Crippen molar-refractivity contribution in [2.75, 3.05) is 12.5 Å². The minimum Gasteiger partial charge on any atom is -0.338 e. The van der Waals surface area contributed by atoms with Crippen LogP contribution in [0.4, 0.5) is 10.2 Å². The van der Waals surface area contributed by atoms with E-state index in [0.717, 1.165) is 0 Å². The maximum absolute atomic E-state index is 13.8. The Morgan fingerprint density at radius 2 is 2.44 bits per heavy atom. The number of amides is 1. The molecule has 0 aliphatic carbocycles. The molecule has 0 aliphatic rings. The summed E-state index contributed by atoms with van der Waals surface area (Å²) in [5.74, 6) is 3.57. The summed E-state index contributed by atoms with van der Waals surface area (Å²) in [4.78, 5) is 17.0. The van der Waals surface area contributed by atoms with Crippen LogP contribution in [0.25, 0.3) is 0 Å². The summed E-state index contributed by atoms with van der Waals surface area (Å²) in [6, 6.07) is 2.93. The van der Waals surface area contributed by atoms with Crippen LogP contribution in [0.5, 0.6) is 0 Å². The number of nitrogen functional groups attached to an aromatic ring is 1. The molecular weight excluding hydrogens is 237 g/mol. The lowest BCUT2D eigenvalue weighted by Crippen LogP contribution is -2.35. The number of anilines is 1. The number of halogens is 1. The van der Waals surface area contributed by atoms with Crippen LogP contribution in [-0.4, -0.2) is 28.9 Å². The van der Waals surface area contributed by atoms with Crippen LogP contribution in [0.3, 0.4) is 0 Å². The van der Waals surface area contributed by atoms with Crippen LogP contribution in [0.2, 0.25) is 0 Å². The Labute approximate surface area is 104 Å². The second-order valence-electron chi connectivity index (χ2n) is 3.79. The van der Waals surface area contributed by atoms with Gasteiger partial charge in [-0.15, -0.1) is 0 Å². The quantitative estimate of drug-likeness (QED) is 0.611. The van der Waals surface area contributed by atoms with Crippen LogP contribution in [0, 0.1) is 17.1 Å². The van der Waals surface area contributed by atoms with Gasteiger partial charge in [-0.05, 0) is 13.0 Å². The zero-order chi connectivity index (χ0) is 13.7. The Bertz CT molecular complexity index is 485. The van der Waals surface area contributed by atoms with Gasteiger partial charge in [0.2, 0.25) is 0 Å². The highest BCUT2D eigenvalue weighted by Gasteiger charge is 2.22. The molecule has 1 aromatic rings. The first kappa shape index (κ1) is 13.9. The standard InChI is InChI=1S/C11H14FN5O/c1-7(3-5-13)17(2)11(18)8-4-6-15-10(16-14)9(8)12/h4,6-7H,3,14H2,1-2H3,(H,15,16). The summed E-state index contributed by atoms with van der Waals surface area (Å²) in [5.41, 5.74) is 1.94. The predicted octanol–water partition coefficient (Wildman–Crippen LogP) is 0.880. The van der Waals surface area contributed by atoms with E-state index in [1.54, 1.807) is 6.92 Å². The first-order valence-electron chi connectivity index (χ1n) is 5.28. The molecule has 7 heteroatoms. The number of aromatic nitrogens is 1. The lowest BCUT2D eigenvalue weighted by atomic mass is 10.1. The van der Waals surface area contributed by atoms with Crippen LogP contribution < -0.4 is 11.3 Å². The number of pyridine rings is 1. The highest BCUT2D eigenvalue weighted by atomic mass is 19.1. The third-order valence-electron chi connectivity index (χ3n) is 2.62. The first-order chi connectivity index (χ1) is 8.52. The zero-order valence-electron chi connectivity index (χ0n) is 10.1. The molecule has 96 valence electrons. The van der Waals surface area contributed by atoms with Gasteiger partial charge in [0.05, 0.1) is 18.1 Å². The minimum atomic E-state index is -0.805. The number of nitriles is 1. The fraction of sp³-hybridized carbons (Fsp3) is 0.364. The second kappa shape index (κ2) is 5.93. The Kier molecular flexibility index (Phi) is 4.57. The van der Waals surface area contributed by atoms with Gasteiger partial charge in [-0.3, -0.25) is 4.79 Å². The summed E-state index contributed by atoms with van der Waals surface area (Å²) in [7, 11) is 1.51. The van der Waals surface area contributed by atoms with Crippen LogP contribution in [-0.2, 0) is 0 Å². The summed E-state index contributed by atoms with van der Waals surface area (Å²) >= 11 is 0. The average molecular weight is 251 g/mol. The number of hydrogen-bond donors (Lipinski definition) is 2. The molecule has 0 bridgehead atoms. The van der Waals surface area contributed by atoms with Crippen molar-refractivity contribution in [1.82, 2.24) is 9.88 Å². The lowest BCUT2D eigenvalue weighted by Gasteiger charge is -2.23. The zero-order valence-corrected chi connectivity index (χ0v) is 10.1. The molecule has 1 atom stereocenters. The van der Waals surface area contributed by atoms with Gasteiger partial charge in [-0.1, -0.05) is 0 Å². The van der Waals surface area contributed by atoms with Crippen LogP contribution in [0.1, 0.15) is 23.7 Å². The highest BCUT2D eigenvalue weighted by molar-refractivity contribution is 5.95. The van der Waals surface area contributed by atoms with Crippen LogP contribution in [0.15, 0.2) is 12.3 Å². The third kappa shape index (κ3) is 2.73. The highest BCUT2D eigenvalue weighted by Crippen LogP contribution is 2.16. The van der Waals surface area contributed by atoms with E-state index in [-0.39, 0.29) is 23.8 Å². The summed E-state index contributed by atoms with van der Waals surface area (Å²) in [6.45, 7) is 1.71. The summed E-state index contributed by atoms with van der Waals surface area (Å²) < 4.78 is 13.8. The predicted molar refractivity (Wildman–Crippen MR) is 63.8 cm³/mol. The second-order valence-corrected chi connectivity index (χ2v) is 3.79. The van der Waals surface area contributed by atoms with E-state index >= 15 is 0 Å². The van der Waals surface area contributed by atoms with E-state index in [9.17, 15) is 9.18 Å². The monoisotopic (exact) mass is 251 g/mol. The van der Waals surface area contributed by atoms with Crippen molar-refractivity contribution in [2.45, 2.75) is 19.4 Å². The number of hydrogen-bond acceptors (Lipinski definition) is 5. The average Bonchev–Trinajstić information content (AvgIpc) is 2.37. The van der Waals surface area contributed by atoms with Gasteiger partial charge in [0.15, 0.2) is 11.6 Å². The number of carbonyl (C=O) groups excluding carboxylic acids is 1. The molecule has 0 aromatic carbocycles. The molecule has 0 aliphatic heterocycles. The summed E-state index contributed by atoms with van der Waals surface area (Å²) in [6.07, 6.45) is 1.46. The summed E-state index contributed by atoms with van der Waals surface area (Å²) in [5, 5.41) is 8.58. The van der Waals surface area contributed by atoms with Gasteiger partial charge in [0.25, 0.3) is 5.91 Å². The fourth-order valence-corrected chi connectivity index (χ4v) is 1.37. The van der Waals surface area contributed by atoms with Gasteiger partial charge in [0, 0.05) is 19.3 Å². The first-order valence-corrected chi connectivity index (χ1v) is 5.28. The number of rotatable bonds is 4. The molecule has 0 saturated carbocycles. The van der Waals surface area contributed by atoms with Gasteiger partial charge in [-0.25, -0.2) is 15.2 Å². The SMILES string of the molecule is CC(CC#N)N(C)C(=O)c1ccnc(NN)c1F. The minimum absolute atomic E-state index is 0.134. The molecule has 1 heterocycles. The van der Waals surface area contributed by atoms with Crippen molar-refractivity contribution in [2.24, 2.45) is 5.84 Å². The molecule has 0 fully saturated rings. The van der Waals surface area contributed by atoms with Gasteiger partial charge in [0.1, 0.15) is 0 Å². The Balaban J connectivity index is 3.01. The Hall–Kier alpha value is -2.20. The number of nitrogens with zero attached hydrogens (tertiary/aromatic N) is 3. The molecule has 1 amide bonds. The van der Waals surface area contributed by atoms with E-state index in [4.69, 9.17) is 11.1 Å². The Morgan fingerprint density at radius 1 is 1.78 bits per heavy atom. The van der Waals surface area contributed by atoms with Crippen LogP contribution >= 0.6 is 0 Å². The largest absolute Gasteiger partial charge is 0.338 e. The number of hydrazine groups is 1. The van der Waals surface area contributed by atoms with Crippen molar-refractivity contribution < 1.29 is 9.18 Å². The van der Waals surface area contributed by atoms with E-state index in [2.05, 4.69) is 10.4 Å². The molecule has 0 spiro atoms. The van der Waals surface area contributed by atoms with Crippen molar-refractivity contribution in [3.05, 3.63) is 23.6 Å². The van der Waals surface area contributed by atoms with Gasteiger partial charge >= 0.3 is 0 Å². The van der Waals surface area contributed by atoms with E-state index in [1.165, 1.54) is 24.2 Å². The molecule has 1 unspecified atom stereocenters. The Morgan fingerprint density at radius 3 is 3.00 bits per heavy atom. The molecule has 6 nitrogen and oxygen atoms in total. The fourth-order valence-electron chi connectivity index (χ4n) is 1.37. The molecular formula is C11H14FN5O.